The second-order valence-corrected chi connectivity index (χ2v) is 32.4. The Hall–Kier alpha value is -12.5. The second-order valence-electron chi connectivity index (χ2n) is 27.8. The Morgan fingerprint density at radius 1 is 0.245 bits per heavy atom. The van der Waals surface area contributed by atoms with Crippen LogP contribution in [0.2, 0.25) is 0 Å². The van der Waals surface area contributed by atoms with E-state index in [1.807, 2.05) is 0 Å². The van der Waals surface area contributed by atoms with Gasteiger partial charge in [0.1, 0.15) is 0 Å². The minimum atomic E-state index is -0.243. The van der Waals surface area contributed by atoms with Crippen LogP contribution in [0.25, 0.3) is 60.8 Å². The van der Waals surface area contributed by atoms with Gasteiger partial charge in [-0.05, 0) is 65.7 Å². The molecule has 2 aromatic heterocycles. The average molecular weight is 1480 g/mol. The number of fused-ring (bicyclic) bond motifs is 14. The first-order valence-corrected chi connectivity index (χ1v) is 39.7. The van der Waals surface area contributed by atoms with Gasteiger partial charge in [0, 0.05) is 45.3 Å². The molecule has 0 unspecified atom stereocenters. The first-order chi connectivity index (χ1) is 52.6. The van der Waals surface area contributed by atoms with Gasteiger partial charge >= 0.3 is 348 Å². The third-order valence-electron chi connectivity index (χ3n) is 22.0. The molecule has 494 valence electrons. The number of para-hydroxylation sites is 7. The smallest absolute Gasteiger partial charge is 0.0543 e. The van der Waals surface area contributed by atoms with E-state index in [4.69, 9.17) is 4.74 Å². The fourth-order valence-electron chi connectivity index (χ4n) is 17.6. The van der Waals surface area contributed by atoms with Gasteiger partial charge in [-0.3, -0.25) is 0 Å². The molecule has 0 aliphatic carbocycles. The number of anilines is 15. The van der Waals surface area contributed by atoms with Crippen molar-refractivity contribution < 1.29 is 4.74 Å². The molecule has 18 aromatic rings. The van der Waals surface area contributed by atoms with Crippen molar-refractivity contribution in [2.75, 3.05) is 24.5 Å². The van der Waals surface area contributed by atoms with Crippen LogP contribution in [0.5, 0.6) is 11.5 Å². The molecule has 22 rings (SSSR count). The van der Waals surface area contributed by atoms with Crippen LogP contribution in [-0.2, 0) is 0 Å². The van der Waals surface area contributed by atoms with Crippen LogP contribution in [0, 0.1) is 0 Å². The number of hydrogen-bond acceptors (Lipinski definition) is 6. The molecule has 0 fully saturated rings. The SMILES string of the molecule is c1ccc(-c2cccc(-c3ccccc3)c2N2c3cc4c(cc3B3c5ccccc5N(c5ccccc5)c5cc(N(c6ccccc6)c6ccccc6)cc2c53)B2c3ccccc3N(c3ccc5c(c3)[se]c3ccccc35)c3cc(N(c5ccccc5)c5ccc6c(c5)[se]c5ccccc56)cc(c32)O4)cc1. The molecule has 0 saturated heterocycles. The summed E-state index contributed by atoms with van der Waals surface area (Å²) in [7, 11) is 0. The zero-order valence-corrected chi connectivity index (χ0v) is 60.8. The molecule has 0 N–H and O–H groups in total. The topological polar surface area (TPSA) is 25.4 Å². The van der Waals surface area contributed by atoms with Gasteiger partial charge in [-0.1, -0.05) is 152 Å². The summed E-state index contributed by atoms with van der Waals surface area (Å²) in [5.74, 6) is 1.64. The van der Waals surface area contributed by atoms with E-state index >= 15 is 0 Å². The number of nitrogens with zero attached hydrogens (tertiary/aromatic N) is 5. The zero-order valence-electron chi connectivity index (χ0n) is 57.3. The van der Waals surface area contributed by atoms with E-state index in [1.165, 1.54) is 60.4 Å². The Bertz CT molecular complexity index is 6460. The monoisotopic (exact) mass is 1480 g/mol. The van der Waals surface area contributed by atoms with E-state index in [2.05, 4.69) is 395 Å². The summed E-state index contributed by atoms with van der Waals surface area (Å²) in [5.41, 5.74) is 27.8. The van der Waals surface area contributed by atoms with Crippen molar-refractivity contribution in [3.05, 3.63) is 370 Å². The van der Waals surface area contributed by atoms with E-state index in [1.54, 1.807) is 0 Å². The molecule has 4 aliphatic rings. The van der Waals surface area contributed by atoms with Gasteiger partial charge in [-0.2, -0.15) is 0 Å². The van der Waals surface area contributed by atoms with Crippen molar-refractivity contribution in [1.82, 2.24) is 0 Å². The molecule has 0 bridgehead atoms. The molecule has 0 radical (unpaired) electrons. The third-order valence-corrected chi connectivity index (χ3v) is 26.7. The van der Waals surface area contributed by atoms with Crippen LogP contribution >= 0.6 is 0 Å². The molecule has 0 spiro atoms. The molecule has 4 aliphatic heterocycles. The average Bonchev–Trinajstić information content (AvgIpc) is 0.833. The van der Waals surface area contributed by atoms with Gasteiger partial charge < -0.3 is 9.80 Å². The fraction of sp³-hybridized carbons (Fsp3) is 0. The van der Waals surface area contributed by atoms with Crippen molar-refractivity contribution in [3.63, 3.8) is 0 Å². The first kappa shape index (κ1) is 61.0. The van der Waals surface area contributed by atoms with Gasteiger partial charge in [-0.15, -0.1) is 0 Å². The molecular weight excluding hydrogens is 1420 g/mol. The molecular formula is C96H61B2N5OSe2. The second kappa shape index (κ2) is 24.6. The van der Waals surface area contributed by atoms with Crippen molar-refractivity contribution >= 4 is 199 Å². The normalized spacial score (nSPS) is 12.9. The van der Waals surface area contributed by atoms with Crippen LogP contribution < -0.4 is 62.0 Å². The number of rotatable bonds is 11. The predicted octanol–water partition coefficient (Wildman–Crippen LogP) is 21.2. The maximum Gasteiger partial charge on any atom is -0.0543 e. The minimum Gasteiger partial charge on any atom is -0.0616 e. The molecule has 0 atom stereocenters. The summed E-state index contributed by atoms with van der Waals surface area (Å²) >= 11 is 0.281. The largest absolute Gasteiger partial charge is 0.0616 e. The van der Waals surface area contributed by atoms with Crippen LogP contribution in [0.1, 0.15) is 0 Å². The first-order valence-electron chi connectivity index (χ1n) is 36.3. The van der Waals surface area contributed by atoms with Crippen molar-refractivity contribution in [1.29, 1.82) is 0 Å². The number of hydrogen-bond donors (Lipinski definition) is 0. The summed E-state index contributed by atoms with van der Waals surface area (Å²) in [4.78, 5) is 12.6. The van der Waals surface area contributed by atoms with Gasteiger partial charge in [0.25, 0.3) is 0 Å². The molecule has 16 aromatic carbocycles. The third kappa shape index (κ3) is 9.59. The van der Waals surface area contributed by atoms with Crippen molar-refractivity contribution in [2.24, 2.45) is 0 Å². The Morgan fingerprint density at radius 2 is 0.689 bits per heavy atom. The Morgan fingerprint density at radius 3 is 1.27 bits per heavy atom. The van der Waals surface area contributed by atoms with Gasteiger partial charge in [0.15, 0.2) is 0 Å². The summed E-state index contributed by atoms with van der Waals surface area (Å²) < 4.78 is 13.7. The van der Waals surface area contributed by atoms with Crippen LogP contribution in [0.15, 0.2) is 370 Å². The summed E-state index contributed by atoms with van der Waals surface area (Å²) in [6.45, 7) is -0.484. The van der Waals surface area contributed by atoms with Gasteiger partial charge in [0.05, 0.1) is 11.4 Å². The maximum absolute atomic E-state index is 8.13. The Kier molecular flexibility index (Phi) is 14.1. The van der Waals surface area contributed by atoms with Gasteiger partial charge in [-0.25, -0.2) is 0 Å². The molecule has 6 nitrogen and oxygen atoms in total. The van der Waals surface area contributed by atoms with Gasteiger partial charge in [0.2, 0.25) is 0 Å². The number of benzene rings is 16. The van der Waals surface area contributed by atoms with E-state index in [0.29, 0.717) is 0 Å². The van der Waals surface area contributed by atoms with E-state index in [0.717, 1.165) is 130 Å². The van der Waals surface area contributed by atoms with E-state index in [9.17, 15) is 0 Å². The summed E-state index contributed by atoms with van der Waals surface area (Å²) in [5, 5.41) is 5.34. The molecule has 10 heteroatoms. The molecule has 6 heterocycles. The fourth-order valence-corrected chi connectivity index (χ4v) is 22.3. The Balaban J connectivity index is 0.847. The minimum absolute atomic E-state index is 0.136. The molecule has 0 amide bonds. The van der Waals surface area contributed by atoms with Crippen LogP contribution in [0.4, 0.5) is 85.3 Å². The van der Waals surface area contributed by atoms with Crippen LogP contribution in [0.3, 0.4) is 0 Å². The zero-order chi connectivity index (χ0) is 69.5. The van der Waals surface area contributed by atoms with Crippen molar-refractivity contribution in [3.8, 4) is 33.8 Å². The molecule has 106 heavy (non-hydrogen) atoms. The number of ether oxygens (including phenoxy) is 1. The predicted molar refractivity (Wildman–Crippen MR) is 450 cm³/mol. The quantitative estimate of drug-likeness (QED) is 0.120. The summed E-state index contributed by atoms with van der Waals surface area (Å²) in [6.07, 6.45) is 0. The molecule has 0 saturated carbocycles. The summed E-state index contributed by atoms with van der Waals surface area (Å²) in [6, 6.07) is 138. The Labute approximate surface area is 627 Å². The van der Waals surface area contributed by atoms with Crippen LogP contribution in [-0.4, -0.2) is 42.4 Å². The van der Waals surface area contributed by atoms with Crippen molar-refractivity contribution in [2.45, 2.75) is 0 Å². The van der Waals surface area contributed by atoms with E-state index < -0.39 is 0 Å². The maximum atomic E-state index is 8.13. The van der Waals surface area contributed by atoms with E-state index in [-0.39, 0.29) is 42.4 Å². The standard InChI is InChI=1S/C96H61B2N5OSe2/c1-7-28-62(29-8-1)72-42-27-43-73(63-30-9-2-10-31-63)96(72)103-84-61-88-81(60-80(84)97-78-44-21-23-46-82(78)101(67-38-17-6-18-39-67)85-54-70(55-86(103)94(85)97)99(64-32-11-3-12-33-64)65-34-13-4-14-35-65)98-79-45-22-24-47-83(79)102(69-51-53-77-75-41-20-26-49-91(75)106-93(77)59-69)87-56-71(57-89(104-88)95(87)98)100(66-36-15-5-16-37-66)68-50-52-76-74-40-19-25-48-90(74)105-92(76)58-68/h1-61H.